The Kier molecular flexibility index (Phi) is 8.91. The van der Waals surface area contributed by atoms with Gasteiger partial charge in [0, 0.05) is 16.8 Å². The number of nitrogens with one attached hydrogen (secondary N) is 1. The fraction of sp³-hybridized carbons (Fsp3) is 0.121. The van der Waals surface area contributed by atoms with Crippen LogP contribution < -0.4 is 10.1 Å². The number of hydrogen-bond donors (Lipinski definition) is 2. The predicted molar refractivity (Wildman–Crippen MR) is 167 cm³/mol. The Morgan fingerprint density at radius 2 is 1.76 bits per heavy atom. The number of aromatic nitrogens is 2. The maximum atomic E-state index is 13.3. The summed E-state index contributed by atoms with van der Waals surface area (Å²) < 4.78 is 6.97. The minimum Gasteiger partial charge on any atom is -0.482 e. The number of benzene rings is 4. The second-order valence-electron chi connectivity index (χ2n) is 9.68. The van der Waals surface area contributed by atoms with Crippen molar-refractivity contribution in [1.82, 2.24) is 14.9 Å². The van der Waals surface area contributed by atoms with E-state index in [0.29, 0.717) is 32.9 Å². The molecule has 0 saturated heterocycles. The van der Waals surface area contributed by atoms with E-state index >= 15 is 0 Å². The number of rotatable bonds is 10. The van der Waals surface area contributed by atoms with Gasteiger partial charge < -0.3 is 19.7 Å². The van der Waals surface area contributed by atoms with E-state index in [2.05, 4.69) is 23.5 Å². The van der Waals surface area contributed by atoms with Gasteiger partial charge in [0.05, 0.1) is 16.8 Å². The molecule has 42 heavy (non-hydrogen) atoms. The number of halogens is 2. The van der Waals surface area contributed by atoms with E-state index in [4.69, 9.17) is 38.0 Å². The molecule has 0 saturated carbocycles. The van der Waals surface area contributed by atoms with Gasteiger partial charge in [-0.25, -0.2) is 9.78 Å². The van der Waals surface area contributed by atoms with Gasteiger partial charge in [-0.15, -0.1) is 0 Å². The van der Waals surface area contributed by atoms with Gasteiger partial charge in [0.25, 0.3) is 0 Å². The number of aliphatic carboxylic acids is 1. The van der Waals surface area contributed by atoms with Crippen molar-refractivity contribution >= 4 is 58.0 Å². The van der Waals surface area contributed by atoms with Crippen molar-refractivity contribution in [2.75, 3.05) is 6.61 Å². The number of ether oxygens (including phenoxy) is 1. The second-order valence-corrected chi connectivity index (χ2v) is 10.5. The zero-order chi connectivity index (χ0) is 29.6. The smallest absolute Gasteiger partial charge is 0.341 e. The molecular formula is C33H27Cl2N3O4. The lowest BCUT2D eigenvalue weighted by molar-refractivity contribution is -0.139. The summed E-state index contributed by atoms with van der Waals surface area (Å²) in [4.78, 5) is 28.8. The highest BCUT2D eigenvalue weighted by Gasteiger charge is 2.16. The molecule has 1 amide bonds. The van der Waals surface area contributed by atoms with Crippen LogP contribution in [-0.2, 0) is 16.1 Å². The standard InChI is InChI=1S/C33H27Cl2N3O4/c1-21(26-8-4-6-23-5-2-3-7-27(23)26)36-32(39)19-38-18-30(28-15-12-24(34)17-29(28)35)37-31(38)16-11-22-9-13-25(14-10-22)42-20-33(40)41/h2-18,21H,19-20H2,1H3,(H,36,39)(H,40,41)/b16-11+. The minimum absolute atomic E-state index is 0.0367. The summed E-state index contributed by atoms with van der Waals surface area (Å²) in [6.45, 7) is 1.59. The van der Waals surface area contributed by atoms with Gasteiger partial charge in [-0.3, -0.25) is 4.79 Å². The van der Waals surface area contributed by atoms with Crippen molar-refractivity contribution in [2.24, 2.45) is 0 Å². The third kappa shape index (κ3) is 7.00. The van der Waals surface area contributed by atoms with Gasteiger partial charge in [0.15, 0.2) is 6.61 Å². The molecule has 0 radical (unpaired) electrons. The van der Waals surface area contributed by atoms with Crippen molar-refractivity contribution in [3.63, 3.8) is 0 Å². The molecule has 1 atom stereocenters. The van der Waals surface area contributed by atoms with Crippen LogP contribution in [0.3, 0.4) is 0 Å². The first-order valence-corrected chi connectivity index (χ1v) is 13.9. The van der Waals surface area contributed by atoms with Crippen LogP contribution in [0.1, 0.15) is 29.9 Å². The van der Waals surface area contributed by atoms with Crippen LogP contribution in [0.15, 0.2) is 91.1 Å². The van der Waals surface area contributed by atoms with Crippen LogP contribution in [0, 0.1) is 0 Å². The number of carbonyl (C=O) groups excluding carboxylic acids is 1. The summed E-state index contributed by atoms with van der Waals surface area (Å²) in [7, 11) is 0. The Labute approximate surface area is 253 Å². The Bertz CT molecular complexity index is 1780. The average molecular weight is 601 g/mol. The molecule has 0 fully saturated rings. The van der Waals surface area contributed by atoms with Crippen molar-refractivity contribution in [3.05, 3.63) is 118 Å². The highest BCUT2D eigenvalue weighted by Crippen LogP contribution is 2.30. The van der Waals surface area contributed by atoms with Crippen molar-refractivity contribution in [2.45, 2.75) is 19.5 Å². The van der Waals surface area contributed by atoms with E-state index in [9.17, 15) is 9.59 Å². The van der Waals surface area contributed by atoms with Gasteiger partial charge in [-0.1, -0.05) is 83.9 Å². The zero-order valence-electron chi connectivity index (χ0n) is 22.6. The minimum atomic E-state index is -1.04. The fourth-order valence-electron chi connectivity index (χ4n) is 4.66. The molecule has 4 aromatic carbocycles. The molecule has 0 aliphatic carbocycles. The highest BCUT2D eigenvalue weighted by molar-refractivity contribution is 6.36. The maximum absolute atomic E-state index is 13.3. The molecule has 1 unspecified atom stereocenters. The number of imidazole rings is 1. The zero-order valence-corrected chi connectivity index (χ0v) is 24.1. The van der Waals surface area contributed by atoms with Crippen molar-refractivity contribution < 1.29 is 19.4 Å². The molecule has 2 N–H and O–H groups in total. The van der Waals surface area contributed by atoms with Gasteiger partial charge in [-0.05, 0) is 65.2 Å². The molecule has 0 aliphatic heterocycles. The van der Waals surface area contributed by atoms with Gasteiger partial charge in [0.2, 0.25) is 5.91 Å². The first kappa shape index (κ1) is 28.9. The lowest BCUT2D eigenvalue weighted by Crippen LogP contribution is -2.30. The third-order valence-corrected chi connectivity index (χ3v) is 7.21. The summed E-state index contributed by atoms with van der Waals surface area (Å²) in [5, 5.41) is 15.1. The van der Waals surface area contributed by atoms with Gasteiger partial charge >= 0.3 is 5.97 Å². The quantitative estimate of drug-likeness (QED) is 0.173. The first-order chi connectivity index (χ1) is 20.3. The Morgan fingerprint density at radius 3 is 2.52 bits per heavy atom. The molecule has 5 aromatic rings. The van der Waals surface area contributed by atoms with E-state index in [1.165, 1.54) is 0 Å². The summed E-state index contributed by atoms with van der Waals surface area (Å²) in [6, 6.07) is 26.1. The van der Waals surface area contributed by atoms with E-state index < -0.39 is 12.6 Å². The molecule has 1 aromatic heterocycles. The lowest BCUT2D eigenvalue weighted by atomic mass is 10.00. The van der Waals surface area contributed by atoms with Gasteiger partial charge in [0.1, 0.15) is 18.1 Å². The van der Waals surface area contributed by atoms with Crippen LogP contribution in [0.4, 0.5) is 0 Å². The SMILES string of the molecule is CC(NC(=O)Cn1cc(-c2ccc(Cl)cc2Cl)nc1/C=C/c1ccc(OCC(=O)O)cc1)c1cccc2ccccc12. The molecule has 212 valence electrons. The van der Waals surface area contributed by atoms with E-state index in [-0.39, 0.29) is 18.5 Å². The Morgan fingerprint density at radius 1 is 1.00 bits per heavy atom. The summed E-state index contributed by atoms with van der Waals surface area (Å²) in [5.74, 6) is -0.211. The van der Waals surface area contributed by atoms with Gasteiger partial charge in [-0.2, -0.15) is 0 Å². The topological polar surface area (TPSA) is 93.5 Å². The van der Waals surface area contributed by atoms with Crippen LogP contribution in [0.25, 0.3) is 34.2 Å². The van der Waals surface area contributed by atoms with Crippen LogP contribution in [-0.4, -0.2) is 33.1 Å². The third-order valence-electron chi connectivity index (χ3n) is 6.66. The molecule has 1 heterocycles. The van der Waals surface area contributed by atoms with Crippen molar-refractivity contribution in [1.29, 1.82) is 0 Å². The number of hydrogen-bond acceptors (Lipinski definition) is 4. The lowest BCUT2D eigenvalue weighted by Gasteiger charge is -2.17. The average Bonchev–Trinajstić information content (AvgIpc) is 3.36. The second kappa shape index (κ2) is 12.9. The monoisotopic (exact) mass is 599 g/mol. The number of carboxylic acids is 1. The number of carbonyl (C=O) groups is 2. The molecule has 9 heteroatoms. The molecule has 5 rings (SSSR count). The van der Waals surface area contributed by atoms with Crippen LogP contribution in [0.5, 0.6) is 5.75 Å². The molecule has 0 spiro atoms. The summed E-state index contributed by atoms with van der Waals surface area (Å²) >= 11 is 12.6. The maximum Gasteiger partial charge on any atom is 0.341 e. The largest absolute Gasteiger partial charge is 0.482 e. The van der Waals surface area contributed by atoms with Crippen molar-refractivity contribution in [3.8, 4) is 17.0 Å². The highest BCUT2D eigenvalue weighted by atomic mass is 35.5. The Balaban J connectivity index is 1.39. The molecule has 7 nitrogen and oxygen atoms in total. The Hall–Kier alpha value is -4.59. The first-order valence-electron chi connectivity index (χ1n) is 13.2. The summed E-state index contributed by atoms with van der Waals surface area (Å²) in [6.07, 6.45) is 5.45. The van der Waals surface area contributed by atoms with E-state index in [1.54, 1.807) is 53.2 Å². The summed E-state index contributed by atoms with van der Waals surface area (Å²) in [5.41, 5.74) is 3.17. The molecule has 0 bridgehead atoms. The molecular weight excluding hydrogens is 573 g/mol. The number of carboxylic acid groups (broad SMARTS) is 1. The van der Waals surface area contributed by atoms with E-state index in [0.717, 1.165) is 21.9 Å². The fourth-order valence-corrected chi connectivity index (χ4v) is 5.16. The normalized spacial score (nSPS) is 12.0. The van der Waals surface area contributed by atoms with Crippen LogP contribution in [0.2, 0.25) is 10.0 Å². The molecule has 0 aliphatic rings. The van der Waals surface area contributed by atoms with E-state index in [1.807, 2.05) is 43.3 Å². The number of fused-ring (bicyclic) bond motifs is 1. The number of amides is 1. The number of nitrogens with zero attached hydrogens (tertiary/aromatic N) is 2. The predicted octanol–water partition coefficient (Wildman–Crippen LogP) is 7.52. The van der Waals surface area contributed by atoms with Crippen LogP contribution >= 0.6 is 23.2 Å².